The number of ether oxygens (including phenoxy) is 1. The fraction of sp³-hybridized carbons (Fsp3) is 0.615. The van der Waals surface area contributed by atoms with Crippen molar-refractivity contribution in [3.63, 3.8) is 0 Å². The molecule has 0 atom stereocenters. The van der Waals surface area contributed by atoms with Gasteiger partial charge in [0.15, 0.2) is 0 Å². The summed E-state index contributed by atoms with van der Waals surface area (Å²) in [6, 6.07) is 3.34. The molecule has 1 aromatic rings. The lowest BCUT2D eigenvalue weighted by Gasteiger charge is -2.22. The van der Waals surface area contributed by atoms with Gasteiger partial charge in [-0.05, 0) is 34.9 Å². The molecule has 1 aliphatic carbocycles. The summed E-state index contributed by atoms with van der Waals surface area (Å²) < 4.78 is 5.75. The summed E-state index contributed by atoms with van der Waals surface area (Å²) in [7, 11) is 0. The zero-order chi connectivity index (χ0) is 13.5. The van der Waals surface area contributed by atoms with Crippen molar-refractivity contribution in [3.8, 4) is 0 Å². The smallest absolute Gasteiger partial charge is 0.376 e. The molecule has 1 heterocycles. The summed E-state index contributed by atoms with van der Waals surface area (Å²) in [5, 5.41) is 13.8. The van der Waals surface area contributed by atoms with Crippen LogP contribution in [0.25, 0.3) is 0 Å². The largest absolute Gasteiger partial charge is 0.386 e. The molecule has 0 unspecified atom stereocenters. The van der Waals surface area contributed by atoms with Crippen LogP contribution >= 0.6 is 0 Å². The molecule has 0 aromatic carbocycles. The molecular formula is C13H19N3O3. The summed E-state index contributed by atoms with van der Waals surface area (Å²) in [6.45, 7) is 1.12. The van der Waals surface area contributed by atoms with Crippen LogP contribution in [-0.4, -0.2) is 29.2 Å². The van der Waals surface area contributed by atoms with Crippen molar-refractivity contribution in [3.05, 3.63) is 28.4 Å². The molecular weight excluding hydrogens is 246 g/mol. The van der Waals surface area contributed by atoms with Crippen molar-refractivity contribution >= 4 is 11.5 Å². The molecule has 0 bridgehead atoms. The highest BCUT2D eigenvalue weighted by Crippen LogP contribution is 2.21. The summed E-state index contributed by atoms with van der Waals surface area (Å²) >= 11 is 0. The van der Waals surface area contributed by atoms with E-state index >= 15 is 0 Å². The number of pyridine rings is 1. The van der Waals surface area contributed by atoms with Gasteiger partial charge in [-0.25, -0.2) is 0 Å². The van der Waals surface area contributed by atoms with Crippen molar-refractivity contribution in [2.45, 2.75) is 38.2 Å². The van der Waals surface area contributed by atoms with Gasteiger partial charge in [-0.1, -0.05) is 19.3 Å². The normalized spacial score (nSPS) is 16.2. The van der Waals surface area contributed by atoms with Crippen LogP contribution in [-0.2, 0) is 4.74 Å². The molecule has 6 heteroatoms. The number of hydrogen-bond donors (Lipinski definition) is 1. The minimum Gasteiger partial charge on any atom is -0.376 e. The Hall–Kier alpha value is -1.69. The van der Waals surface area contributed by atoms with Gasteiger partial charge in [0, 0.05) is 6.54 Å². The average molecular weight is 265 g/mol. The van der Waals surface area contributed by atoms with Crippen LogP contribution in [0.2, 0.25) is 0 Å². The van der Waals surface area contributed by atoms with Crippen molar-refractivity contribution in [2.24, 2.45) is 0 Å². The van der Waals surface area contributed by atoms with E-state index in [9.17, 15) is 10.1 Å². The van der Waals surface area contributed by atoms with E-state index in [0.29, 0.717) is 24.9 Å². The van der Waals surface area contributed by atoms with Crippen LogP contribution in [0.15, 0.2) is 18.3 Å². The third kappa shape index (κ3) is 4.17. The van der Waals surface area contributed by atoms with Gasteiger partial charge in [0.1, 0.15) is 11.9 Å². The van der Waals surface area contributed by atoms with Gasteiger partial charge in [0.05, 0.1) is 12.7 Å². The van der Waals surface area contributed by atoms with E-state index in [1.54, 1.807) is 12.1 Å². The predicted octanol–water partition coefficient (Wildman–Crippen LogP) is 2.75. The van der Waals surface area contributed by atoms with E-state index in [-0.39, 0.29) is 5.82 Å². The van der Waals surface area contributed by atoms with Crippen LogP contribution in [0.3, 0.4) is 0 Å². The first-order valence-corrected chi connectivity index (χ1v) is 6.72. The minimum absolute atomic E-state index is 0.139. The first-order valence-electron chi connectivity index (χ1n) is 6.72. The van der Waals surface area contributed by atoms with Gasteiger partial charge < -0.3 is 20.2 Å². The molecule has 0 amide bonds. The van der Waals surface area contributed by atoms with Gasteiger partial charge in [0.2, 0.25) is 0 Å². The van der Waals surface area contributed by atoms with E-state index in [1.807, 2.05) is 0 Å². The Labute approximate surface area is 112 Å². The molecule has 0 aliphatic heterocycles. The highest BCUT2D eigenvalue weighted by atomic mass is 16.6. The molecule has 1 aliphatic rings. The van der Waals surface area contributed by atoms with E-state index < -0.39 is 4.92 Å². The maximum absolute atomic E-state index is 10.8. The number of anilines is 1. The number of aromatic nitrogens is 1. The maximum Gasteiger partial charge on any atom is 0.386 e. The Balaban J connectivity index is 1.74. The molecule has 0 spiro atoms. The number of nitrogens with one attached hydrogen (secondary N) is 1. The third-order valence-corrected chi connectivity index (χ3v) is 3.28. The van der Waals surface area contributed by atoms with E-state index in [2.05, 4.69) is 10.3 Å². The summed E-state index contributed by atoms with van der Waals surface area (Å²) in [5.74, 6) is -0.139. The van der Waals surface area contributed by atoms with Crippen molar-refractivity contribution in [1.29, 1.82) is 0 Å². The molecule has 0 radical (unpaired) electrons. The molecule has 104 valence electrons. The molecule has 1 fully saturated rings. The van der Waals surface area contributed by atoms with Gasteiger partial charge in [0.25, 0.3) is 0 Å². The highest BCUT2D eigenvalue weighted by molar-refractivity contribution is 5.56. The van der Waals surface area contributed by atoms with Gasteiger partial charge in [-0.15, -0.1) is 0 Å². The van der Waals surface area contributed by atoms with Crippen LogP contribution in [0, 0.1) is 10.1 Å². The highest BCUT2D eigenvalue weighted by Gasteiger charge is 2.15. The first-order chi connectivity index (χ1) is 9.27. The van der Waals surface area contributed by atoms with Gasteiger partial charge in [-0.2, -0.15) is 0 Å². The first kappa shape index (κ1) is 13.7. The second kappa shape index (κ2) is 7.04. The topological polar surface area (TPSA) is 77.3 Å². The Morgan fingerprint density at radius 3 is 2.95 bits per heavy atom. The number of nitro groups is 1. The lowest BCUT2D eigenvalue weighted by atomic mass is 9.98. The second-order valence-electron chi connectivity index (χ2n) is 4.69. The van der Waals surface area contributed by atoms with Crippen LogP contribution in [0.5, 0.6) is 0 Å². The summed E-state index contributed by atoms with van der Waals surface area (Å²) in [4.78, 5) is 14.0. The van der Waals surface area contributed by atoms with E-state index in [1.165, 1.54) is 25.5 Å². The monoisotopic (exact) mass is 265 g/mol. The van der Waals surface area contributed by atoms with Crippen molar-refractivity contribution in [2.75, 3.05) is 18.5 Å². The lowest BCUT2D eigenvalue weighted by Crippen LogP contribution is -2.20. The number of hydrogen-bond acceptors (Lipinski definition) is 5. The second-order valence-corrected chi connectivity index (χ2v) is 4.69. The summed E-state index contributed by atoms with van der Waals surface area (Å²) in [5.41, 5.74) is 0.444. The Morgan fingerprint density at radius 1 is 1.42 bits per heavy atom. The molecule has 0 saturated heterocycles. The molecule has 19 heavy (non-hydrogen) atoms. The number of rotatable bonds is 6. The van der Waals surface area contributed by atoms with E-state index in [0.717, 1.165) is 12.8 Å². The predicted molar refractivity (Wildman–Crippen MR) is 72.2 cm³/mol. The molecule has 2 rings (SSSR count). The van der Waals surface area contributed by atoms with Crippen molar-refractivity contribution in [1.82, 2.24) is 4.98 Å². The SMILES string of the molecule is O=[N+]([O-])c1ncccc1NCCOC1CCCCC1. The average Bonchev–Trinajstić information content (AvgIpc) is 2.45. The Kier molecular flexibility index (Phi) is 5.09. The fourth-order valence-corrected chi connectivity index (χ4v) is 2.32. The quantitative estimate of drug-likeness (QED) is 0.486. The van der Waals surface area contributed by atoms with Crippen LogP contribution in [0.4, 0.5) is 11.5 Å². The molecule has 1 saturated carbocycles. The standard InChI is InChI=1S/C13H19N3O3/c17-16(18)13-12(7-4-8-15-13)14-9-10-19-11-5-2-1-3-6-11/h4,7-8,11,14H,1-3,5-6,9-10H2. The van der Waals surface area contributed by atoms with Crippen LogP contribution < -0.4 is 5.32 Å². The maximum atomic E-state index is 10.8. The Morgan fingerprint density at radius 2 is 2.21 bits per heavy atom. The molecule has 1 N–H and O–H groups in total. The van der Waals surface area contributed by atoms with Crippen LogP contribution in [0.1, 0.15) is 32.1 Å². The lowest BCUT2D eigenvalue weighted by molar-refractivity contribution is -0.388. The number of nitrogens with zero attached hydrogens (tertiary/aromatic N) is 2. The van der Waals surface area contributed by atoms with Gasteiger partial charge >= 0.3 is 5.82 Å². The van der Waals surface area contributed by atoms with E-state index in [4.69, 9.17) is 4.74 Å². The molecule has 1 aromatic heterocycles. The van der Waals surface area contributed by atoms with Crippen molar-refractivity contribution < 1.29 is 9.66 Å². The van der Waals surface area contributed by atoms with Gasteiger partial charge in [-0.3, -0.25) is 0 Å². The zero-order valence-electron chi connectivity index (χ0n) is 10.9. The Bertz CT molecular complexity index is 419. The summed E-state index contributed by atoms with van der Waals surface area (Å²) in [6.07, 6.45) is 7.83. The fourth-order valence-electron chi connectivity index (χ4n) is 2.32. The third-order valence-electron chi connectivity index (χ3n) is 3.28. The minimum atomic E-state index is -0.482. The zero-order valence-corrected chi connectivity index (χ0v) is 10.9. The molecule has 6 nitrogen and oxygen atoms in total.